The van der Waals surface area contributed by atoms with Crippen molar-refractivity contribution in [2.75, 3.05) is 18.7 Å². The SMILES string of the molecule is C=CCNS(=O)(=O)Cc1ccc(NC(=O)/C=C/c2cc(Cl)c3c(c2)OCO3)cc1. The van der Waals surface area contributed by atoms with Crippen molar-refractivity contribution in [3.05, 3.63) is 71.3 Å². The number of sulfonamides is 1. The molecular weight excluding hydrogens is 416 g/mol. The summed E-state index contributed by atoms with van der Waals surface area (Å²) in [6.45, 7) is 3.77. The molecule has 0 saturated carbocycles. The quantitative estimate of drug-likeness (QED) is 0.491. The van der Waals surface area contributed by atoms with Crippen molar-refractivity contribution in [1.29, 1.82) is 0 Å². The van der Waals surface area contributed by atoms with Gasteiger partial charge < -0.3 is 14.8 Å². The zero-order chi connectivity index (χ0) is 20.9. The lowest BCUT2D eigenvalue weighted by molar-refractivity contribution is -0.111. The first-order chi connectivity index (χ1) is 13.9. The maximum atomic E-state index is 12.1. The van der Waals surface area contributed by atoms with Gasteiger partial charge in [-0.3, -0.25) is 4.79 Å². The molecule has 2 aromatic rings. The van der Waals surface area contributed by atoms with Crippen molar-refractivity contribution in [2.24, 2.45) is 0 Å². The molecule has 1 amide bonds. The van der Waals surface area contributed by atoms with Crippen LogP contribution < -0.4 is 19.5 Å². The highest BCUT2D eigenvalue weighted by Crippen LogP contribution is 2.40. The minimum absolute atomic E-state index is 0.115. The van der Waals surface area contributed by atoms with Gasteiger partial charge in [0.2, 0.25) is 22.7 Å². The molecule has 0 unspecified atom stereocenters. The zero-order valence-corrected chi connectivity index (χ0v) is 16.9. The van der Waals surface area contributed by atoms with Crippen LogP contribution >= 0.6 is 11.6 Å². The fraction of sp³-hybridized carbons (Fsp3) is 0.150. The summed E-state index contributed by atoms with van der Waals surface area (Å²) in [5.41, 5.74) is 1.84. The van der Waals surface area contributed by atoms with Crippen LogP contribution in [-0.4, -0.2) is 27.7 Å². The molecule has 0 atom stereocenters. The van der Waals surface area contributed by atoms with E-state index in [1.54, 1.807) is 42.5 Å². The van der Waals surface area contributed by atoms with Crippen molar-refractivity contribution in [3.63, 3.8) is 0 Å². The molecule has 1 aliphatic heterocycles. The molecule has 0 bridgehead atoms. The number of rotatable bonds is 8. The van der Waals surface area contributed by atoms with Crippen LogP contribution in [0.1, 0.15) is 11.1 Å². The summed E-state index contributed by atoms with van der Waals surface area (Å²) in [5, 5.41) is 3.12. The molecule has 0 saturated heterocycles. The maximum absolute atomic E-state index is 12.1. The monoisotopic (exact) mass is 434 g/mol. The molecule has 0 aliphatic carbocycles. The number of hydrogen-bond donors (Lipinski definition) is 2. The number of fused-ring (bicyclic) bond motifs is 1. The van der Waals surface area contributed by atoms with Gasteiger partial charge in [0.05, 0.1) is 10.8 Å². The number of carbonyl (C=O) groups excluding carboxylic acids is 1. The Morgan fingerprint density at radius 3 is 2.69 bits per heavy atom. The standard InChI is InChI=1S/C20H19ClN2O5S/c1-2-9-22-29(25,26)12-14-3-6-16(7-4-14)23-19(24)8-5-15-10-17(21)20-18(11-15)27-13-28-20/h2-8,10-11,22H,1,9,12-13H2,(H,23,24)/b8-5+. The molecule has 0 fully saturated rings. The summed E-state index contributed by atoms with van der Waals surface area (Å²) < 4.78 is 36.7. The Balaban J connectivity index is 1.59. The minimum atomic E-state index is -3.43. The van der Waals surface area contributed by atoms with E-state index < -0.39 is 10.0 Å². The van der Waals surface area contributed by atoms with E-state index in [0.29, 0.717) is 33.3 Å². The Labute approximate surface area is 174 Å². The first-order valence-electron chi connectivity index (χ1n) is 8.62. The van der Waals surface area contributed by atoms with Crippen molar-refractivity contribution in [2.45, 2.75) is 5.75 Å². The van der Waals surface area contributed by atoms with Gasteiger partial charge in [-0.25, -0.2) is 13.1 Å². The third kappa shape index (κ3) is 5.83. The van der Waals surface area contributed by atoms with E-state index in [9.17, 15) is 13.2 Å². The van der Waals surface area contributed by atoms with Gasteiger partial charge in [0.15, 0.2) is 11.5 Å². The second-order valence-corrected chi connectivity index (χ2v) is 8.37. The van der Waals surface area contributed by atoms with Crippen LogP contribution in [0.15, 0.2) is 55.1 Å². The number of benzene rings is 2. The minimum Gasteiger partial charge on any atom is -0.454 e. The van der Waals surface area contributed by atoms with Gasteiger partial charge in [-0.2, -0.15) is 0 Å². The fourth-order valence-corrected chi connectivity index (χ4v) is 3.96. The van der Waals surface area contributed by atoms with Crippen molar-refractivity contribution in [3.8, 4) is 11.5 Å². The predicted molar refractivity (Wildman–Crippen MR) is 113 cm³/mol. The Morgan fingerprint density at radius 2 is 1.97 bits per heavy atom. The van der Waals surface area contributed by atoms with Crippen LogP contribution in [0.2, 0.25) is 5.02 Å². The van der Waals surface area contributed by atoms with Crippen LogP contribution in [-0.2, 0) is 20.6 Å². The first-order valence-corrected chi connectivity index (χ1v) is 10.6. The molecular formula is C20H19ClN2O5S. The highest BCUT2D eigenvalue weighted by molar-refractivity contribution is 7.88. The van der Waals surface area contributed by atoms with Crippen molar-refractivity contribution < 1.29 is 22.7 Å². The molecule has 152 valence electrons. The lowest BCUT2D eigenvalue weighted by Gasteiger charge is -2.07. The molecule has 9 heteroatoms. The Morgan fingerprint density at radius 1 is 1.21 bits per heavy atom. The number of carbonyl (C=O) groups is 1. The summed E-state index contributed by atoms with van der Waals surface area (Å²) in [4.78, 5) is 12.1. The second-order valence-electron chi connectivity index (χ2n) is 6.15. The number of nitrogens with one attached hydrogen (secondary N) is 2. The van der Waals surface area contributed by atoms with Crippen molar-refractivity contribution >= 4 is 39.3 Å². The topological polar surface area (TPSA) is 93.7 Å². The van der Waals surface area contributed by atoms with Crippen LogP contribution in [0.3, 0.4) is 0 Å². The van der Waals surface area contributed by atoms with Gasteiger partial charge in [0.1, 0.15) is 0 Å². The number of amides is 1. The average Bonchev–Trinajstić information content (AvgIpc) is 3.15. The van der Waals surface area contributed by atoms with Gasteiger partial charge >= 0.3 is 0 Å². The molecule has 3 rings (SSSR count). The fourth-order valence-electron chi connectivity index (χ4n) is 2.58. The van der Waals surface area contributed by atoms with Gasteiger partial charge in [-0.1, -0.05) is 29.8 Å². The molecule has 1 aliphatic rings. The smallest absolute Gasteiger partial charge is 0.248 e. The third-order valence-electron chi connectivity index (χ3n) is 3.90. The number of hydrogen-bond acceptors (Lipinski definition) is 5. The molecule has 29 heavy (non-hydrogen) atoms. The summed E-state index contributed by atoms with van der Waals surface area (Å²) in [6, 6.07) is 9.97. The third-order valence-corrected chi connectivity index (χ3v) is 5.50. The maximum Gasteiger partial charge on any atom is 0.248 e. The summed E-state index contributed by atoms with van der Waals surface area (Å²) in [7, 11) is -3.43. The summed E-state index contributed by atoms with van der Waals surface area (Å²) in [5.74, 6) is 0.535. The van der Waals surface area contributed by atoms with Crippen LogP contribution in [0.5, 0.6) is 11.5 Å². The Hall–Kier alpha value is -2.81. The lowest BCUT2D eigenvalue weighted by atomic mass is 10.2. The second kappa shape index (κ2) is 9.13. The molecule has 2 N–H and O–H groups in total. The average molecular weight is 435 g/mol. The summed E-state index contributed by atoms with van der Waals surface area (Å²) in [6.07, 6.45) is 4.45. The summed E-state index contributed by atoms with van der Waals surface area (Å²) >= 11 is 6.12. The number of anilines is 1. The molecule has 0 spiro atoms. The Kier molecular flexibility index (Phi) is 6.58. The van der Waals surface area contributed by atoms with Gasteiger partial charge in [0, 0.05) is 18.3 Å². The van der Waals surface area contributed by atoms with Gasteiger partial charge in [-0.15, -0.1) is 6.58 Å². The van der Waals surface area contributed by atoms with E-state index in [-0.39, 0.29) is 25.0 Å². The molecule has 1 heterocycles. The molecule has 0 radical (unpaired) electrons. The van der Waals surface area contributed by atoms with Gasteiger partial charge in [-0.05, 0) is 41.5 Å². The van der Waals surface area contributed by atoms with E-state index in [2.05, 4.69) is 16.6 Å². The molecule has 7 nitrogen and oxygen atoms in total. The van der Waals surface area contributed by atoms with Gasteiger partial charge in [0.25, 0.3) is 0 Å². The van der Waals surface area contributed by atoms with E-state index in [1.807, 2.05) is 0 Å². The van der Waals surface area contributed by atoms with Crippen molar-refractivity contribution in [1.82, 2.24) is 4.72 Å². The molecule has 0 aromatic heterocycles. The van der Waals surface area contributed by atoms with E-state index in [1.165, 1.54) is 12.2 Å². The number of ether oxygens (including phenoxy) is 2. The van der Waals surface area contributed by atoms with E-state index in [0.717, 1.165) is 0 Å². The number of halogens is 1. The lowest BCUT2D eigenvalue weighted by Crippen LogP contribution is -2.25. The van der Waals surface area contributed by atoms with Crippen LogP contribution in [0.4, 0.5) is 5.69 Å². The van der Waals surface area contributed by atoms with Crippen LogP contribution in [0.25, 0.3) is 6.08 Å². The van der Waals surface area contributed by atoms with Crippen LogP contribution in [0, 0.1) is 0 Å². The highest BCUT2D eigenvalue weighted by atomic mass is 35.5. The first kappa shape index (κ1) is 20.9. The normalized spacial score (nSPS) is 12.9. The van der Waals surface area contributed by atoms with E-state index in [4.69, 9.17) is 21.1 Å². The largest absolute Gasteiger partial charge is 0.454 e. The predicted octanol–water partition coefficient (Wildman–Crippen LogP) is 3.33. The highest BCUT2D eigenvalue weighted by Gasteiger charge is 2.17. The Bertz CT molecular complexity index is 1050. The van der Waals surface area contributed by atoms with E-state index >= 15 is 0 Å². The molecule has 2 aromatic carbocycles. The zero-order valence-electron chi connectivity index (χ0n) is 15.4.